The van der Waals surface area contributed by atoms with Crippen LogP contribution in [0.25, 0.3) is 0 Å². The van der Waals surface area contributed by atoms with Crippen LogP contribution in [-0.2, 0) is 24.3 Å². The third kappa shape index (κ3) is 3.97. The molecule has 26 heavy (non-hydrogen) atoms. The Labute approximate surface area is 151 Å². The molecule has 0 aliphatic carbocycles. The molecule has 2 rings (SSSR count). The third-order valence-corrected chi connectivity index (χ3v) is 4.26. The lowest BCUT2D eigenvalue weighted by molar-refractivity contribution is -0.139. The van der Waals surface area contributed by atoms with Gasteiger partial charge in [-0.15, -0.1) is 0 Å². The summed E-state index contributed by atoms with van der Waals surface area (Å²) >= 11 is 0. The van der Waals surface area contributed by atoms with Crippen LogP contribution in [0.1, 0.15) is 25.3 Å². The van der Waals surface area contributed by atoms with Crippen LogP contribution in [0.2, 0.25) is 0 Å². The minimum atomic E-state index is -3.58. The van der Waals surface area contributed by atoms with E-state index in [9.17, 15) is 18.5 Å². The van der Waals surface area contributed by atoms with E-state index in [1.54, 1.807) is 25.1 Å². The summed E-state index contributed by atoms with van der Waals surface area (Å²) in [6.45, 7) is 3.32. The number of para-hydroxylation sites is 1. The topological polar surface area (TPSA) is 132 Å². The summed E-state index contributed by atoms with van der Waals surface area (Å²) in [7, 11) is -3.58. The van der Waals surface area contributed by atoms with Crippen molar-refractivity contribution in [2.45, 2.75) is 19.8 Å². The molecule has 0 radical (unpaired) electrons. The highest BCUT2D eigenvalue weighted by atomic mass is 32.2. The van der Waals surface area contributed by atoms with Gasteiger partial charge in [0, 0.05) is 0 Å². The SMILES string of the molecule is CCOC(=O)C1=C(C)OC(N)=C(C#N)C1c1ccccc1NS(C)(=O)=O. The van der Waals surface area contributed by atoms with Gasteiger partial charge < -0.3 is 15.2 Å². The van der Waals surface area contributed by atoms with Gasteiger partial charge >= 0.3 is 5.97 Å². The summed E-state index contributed by atoms with van der Waals surface area (Å²) in [5.74, 6) is -1.53. The van der Waals surface area contributed by atoms with Crippen molar-refractivity contribution in [3.8, 4) is 6.07 Å². The second-order valence-electron chi connectivity index (χ2n) is 5.58. The normalized spacial score (nSPS) is 17.4. The van der Waals surface area contributed by atoms with Crippen molar-refractivity contribution in [1.82, 2.24) is 0 Å². The molecule has 1 aromatic carbocycles. The molecular weight excluding hydrogens is 358 g/mol. The second-order valence-corrected chi connectivity index (χ2v) is 7.33. The molecule has 3 N–H and O–H groups in total. The van der Waals surface area contributed by atoms with Gasteiger partial charge in [0.05, 0.1) is 30.0 Å². The van der Waals surface area contributed by atoms with Gasteiger partial charge in [0.1, 0.15) is 17.4 Å². The van der Waals surface area contributed by atoms with Crippen LogP contribution in [0, 0.1) is 11.3 Å². The van der Waals surface area contributed by atoms with E-state index in [2.05, 4.69) is 4.72 Å². The Morgan fingerprint density at radius 1 is 1.42 bits per heavy atom. The van der Waals surface area contributed by atoms with E-state index in [1.807, 2.05) is 6.07 Å². The van der Waals surface area contributed by atoms with Crippen LogP contribution in [0.15, 0.2) is 47.1 Å². The van der Waals surface area contributed by atoms with Crippen LogP contribution in [0.5, 0.6) is 0 Å². The van der Waals surface area contributed by atoms with Gasteiger partial charge in [-0.1, -0.05) is 18.2 Å². The zero-order chi connectivity index (χ0) is 19.5. The molecule has 0 saturated heterocycles. The number of ether oxygens (including phenoxy) is 2. The Bertz CT molecular complexity index is 941. The maximum absolute atomic E-state index is 12.5. The number of carbonyl (C=O) groups excluding carboxylic acids is 1. The number of nitrogens with zero attached hydrogens (tertiary/aromatic N) is 1. The quantitative estimate of drug-likeness (QED) is 0.746. The van der Waals surface area contributed by atoms with Crippen molar-refractivity contribution in [3.05, 3.63) is 52.6 Å². The molecule has 1 aliphatic heterocycles. The van der Waals surface area contributed by atoms with Gasteiger partial charge in [0.2, 0.25) is 15.9 Å². The maximum Gasteiger partial charge on any atom is 0.338 e. The first-order valence-corrected chi connectivity index (χ1v) is 9.61. The fourth-order valence-electron chi connectivity index (χ4n) is 2.71. The Kier molecular flexibility index (Phi) is 5.57. The molecule has 1 aromatic rings. The highest BCUT2D eigenvalue weighted by Gasteiger charge is 2.37. The molecule has 0 fully saturated rings. The van der Waals surface area contributed by atoms with E-state index in [1.165, 1.54) is 13.0 Å². The predicted octanol–water partition coefficient (Wildman–Crippen LogP) is 1.70. The van der Waals surface area contributed by atoms with E-state index < -0.39 is 21.9 Å². The molecule has 0 amide bonds. The van der Waals surface area contributed by atoms with Gasteiger partial charge in [-0.3, -0.25) is 4.72 Å². The van der Waals surface area contributed by atoms with Gasteiger partial charge in [-0.05, 0) is 25.5 Å². The lowest BCUT2D eigenvalue weighted by atomic mass is 9.82. The van der Waals surface area contributed by atoms with E-state index in [4.69, 9.17) is 15.2 Å². The van der Waals surface area contributed by atoms with Crippen LogP contribution < -0.4 is 10.5 Å². The summed E-state index contributed by atoms with van der Waals surface area (Å²) < 4.78 is 36.2. The number of anilines is 1. The fourth-order valence-corrected chi connectivity index (χ4v) is 3.29. The molecule has 1 atom stereocenters. The van der Waals surface area contributed by atoms with Crippen molar-refractivity contribution in [3.63, 3.8) is 0 Å². The van der Waals surface area contributed by atoms with Crippen molar-refractivity contribution >= 4 is 21.7 Å². The summed E-state index contributed by atoms with van der Waals surface area (Å²) in [5, 5.41) is 9.55. The molecule has 9 heteroatoms. The van der Waals surface area contributed by atoms with E-state index in [0.717, 1.165) is 6.26 Å². The summed E-state index contributed by atoms with van der Waals surface area (Å²) in [6.07, 6.45) is 1.01. The molecule has 0 saturated carbocycles. The van der Waals surface area contributed by atoms with Gasteiger partial charge in [0.15, 0.2) is 0 Å². The fraction of sp³-hybridized carbons (Fsp3) is 0.294. The van der Waals surface area contributed by atoms with Gasteiger partial charge in [-0.2, -0.15) is 5.26 Å². The lowest BCUT2D eigenvalue weighted by Crippen LogP contribution is -2.26. The average molecular weight is 377 g/mol. The number of hydrogen-bond acceptors (Lipinski definition) is 7. The molecule has 138 valence electrons. The number of carbonyl (C=O) groups is 1. The number of nitriles is 1. The standard InChI is InChI=1S/C17H19N3O5S/c1-4-24-17(21)14-10(2)25-16(19)12(9-18)15(14)11-7-5-6-8-13(11)20-26(3,22)23/h5-8,15,20H,4,19H2,1-3H3. The van der Waals surface area contributed by atoms with Crippen molar-refractivity contribution < 1.29 is 22.7 Å². The molecule has 8 nitrogen and oxygen atoms in total. The first-order chi connectivity index (χ1) is 12.2. The maximum atomic E-state index is 12.5. The monoisotopic (exact) mass is 377 g/mol. The van der Waals surface area contributed by atoms with Crippen molar-refractivity contribution in [1.29, 1.82) is 5.26 Å². The summed E-state index contributed by atoms with van der Waals surface area (Å²) in [6, 6.07) is 8.40. The first-order valence-electron chi connectivity index (χ1n) is 7.71. The zero-order valence-electron chi connectivity index (χ0n) is 14.6. The number of nitrogens with two attached hydrogens (primary N) is 1. The van der Waals surface area contributed by atoms with E-state index in [0.29, 0.717) is 5.56 Å². The van der Waals surface area contributed by atoms with Crippen molar-refractivity contribution in [2.24, 2.45) is 5.73 Å². The largest absolute Gasteiger partial charge is 0.463 e. The molecule has 1 unspecified atom stereocenters. The Hall–Kier alpha value is -2.99. The van der Waals surface area contributed by atoms with Crippen molar-refractivity contribution in [2.75, 3.05) is 17.6 Å². The van der Waals surface area contributed by atoms with Gasteiger partial charge in [0.25, 0.3) is 0 Å². The van der Waals surface area contributed by atoms with Crippen LogP contribution >= 0.6 is 0 Å². The number of benzene rings is 1. The highest BCUT2D eigenvalue weighted by molar-refractivity contribution is 7.92. The number of rotatable bonds is 5. The van der Waals surface area contributed by atoms with E-state index >= 15 is 0 Å². The summed E-state index contributed by atoms with van der Waals surface area (Å²) in [4.78, 5) is 12.5. The zero-order valence-corrected chi connectivity index (χ0v) is 15.4. The lowest BCUT2D eigenvalue weighted by Gasteiger charge is -2.28. The van der Waals surface area contributed by atoms with Crippen LogP contribution in [0.3, 0.4) is 0 Å². The number of esters is 1. The Morgan fingerprint density at radius 3 is 2.65 bits per heavy atom. The number of hydrogen-bond donors (Lipinski definition) is 2. The Balaban J connectivity index is 2.71. The molecular formula is C17H19N3O5S. The predicted molar refractivity (Wildman–Crippen MR) is 94.9 cm³/mol. The van der Waals surface area contributed by atoms with Gasteiger partial charge in [-0.25, -0.2) is 13.2 Å². The molecule has 0 aromatic heterocycles. The van der Waals surface area contributed by atoms with Crippen LogP contribution in [-0.4, -0.2) is 27.2 Å². The average Bonchev–Trinajstić information content (AvgIpc) is 2.53. The highest BCUT2D eigenvalue weighted by Crippen LogP contribution is 2.42. The number of sulfonamides is 1. The second kappa shape index (κ2) is 7.49. The third-order valence-electron chi connectivity index (χ3n) is 3.67. The minimum absolute atomic E-state index is 0.00130. The molecule has 0 spiro atoms. The number of allylic oxidation sites excluding steroid dienone is 2. The van der Waals surface area contributed by atoms with Crippen LogP contribution in [0.4, 0.5) is 5.69 Å². The minimum Gasteiger partial charge on any atom is -0.463 e. The molecule has 0 bridgehead atoms. The Morgan fingerprint density at radius 2 is 2.08 bits per heavy atom. The number of nitrogens with one attached hydrogen (secondary N) is 1. The summed E-state index contributed by atoms with van der Waals surface area (Å²) in [5.41, 5.74) is 6.56. The molecule has 1 aliphatic rings. The first kappa shape index (κ1) is 19.3. The smallest absolute Gasteiger partial charge is 0.338 e. The van der Waals surface area contributed by atoms with E-state index in [-0.39, 0.29) is 35.1 Å². The molecule has 1 heterocycles.